The van der Waals surface area contributed by atoms with Crippen LogP contribution < -0.4 is 16.1 Å². The molecule has 0 aliphatic heterocycles. The number of para-hydroxylation sites is 1. The number of nitrogens with zero attached hydrogens (tertiary/aromatic N) is 4. The molecule has 8 nitrogen and oxygen atoms in total. The third-order valence-corrected chi connectivity index (χ3v) is 4.25. The van der Waals surface area contributed by atoms with Crippen LogP contribution in [0.15, 0.2) is 68.9 Å². The van der Waals surface area contributed by atoms with Gasteiger partial charge in [-0.2, -0.15) is 5.26 Å². The molecule has 8 heteroatoms. The van der Waals surface area contributed by atoms with Gasteiger partial charge in [-0.25, -0.2) is 9.36 Å². The highest BCUT2D eigenvalue weighted by atomic mass is 16.3. The molecule has 142 valence electrons. The van der Waals surface area contributed by atoms with E-state index in [9.17, 15) is 14.4 Å². The van der Waals surface area contributed by atoms with Crippen molar-refractivity contribution in [1.29, 1.82) is 5.26 Å². The van der Waals surface area contributed by atoms with Crippen LogP contribution >= 0.6 is 0 Å². The molecule has 1 amide bonds. The molecule has 0 unspecified atom stereocenters. The highest BCUT2D eigenvalue weighted by Gasteiger charge is 2.21. The molecule has 0 bridgehead atoms. The largest absolute Gasteiger partial charge is 0.467 e. The Bertz CT molecular complexity index is 1120. The fourth-order valence-electron chi connectivity index (χ4n) is 2.81. The highest BCUT2D eigenvalue weighted by Crippen LogP contribution is 2.17. The summed E-state index contributed by atoms with van der Waals surface area (Å²) >= 11 is 0. The molecule has 0 saturated carbocycles. The normalized spacial score (nSPS) is 10.4. The highest BCUT2D eigenvalue weighted by molar-refractivity contribution is 5.93. The average Bonchev–Trinajstić information content (AvgIpc) is 3.23. The number of furan rings is 1. The van der Waals surface area contributed by atoms with E-state index >= 15 is 0 Å². The van der Waals surface area contributed by atoms with Crippen molar-refractivity contribution in [1.82, 2.24) is 9.13 Å². The van der Waals surface area contributed by atoms with Crippen molar-refractivity contribution in [2.24, 2.45) is 0 Å². The Morgan fingerprint density at radius 1 is 1.18 bits per heavy atom. The van der Waals surface area contributed by atoms with Gasteiger partial charge in [0.05, 0.1) is 12.8 Å². The van der Waals surface area contributed by atoms with Gasteiger partial charge in [-0.05, 0) is 31.2 Å². The van der Waals surface area contributed by atoms with Gasteiger partial charge in [0, 0.05) is 18.4 Å². The Balaban J connectivity index is 2.00. The standard InChI is InChI=1S/C20H18N4O4/c1-2-22-12-15(11-21)19(26)24(20(22)27)14-18(25)23(13-17-9-6-10-28-17)16-7-4-3-5-8-16/h3-10,12H,2,13-14H2,1H3. The number of benzene rings is 1. The molecule has 2 heterocycles. The first-order valence-electron chi connectivity index (χ1n) is 8.67. The molecule has 0 atom stereocenters. The van der Waals surface area contributed by atoms with E-state index in [1.165, 1.54) is 21.9 Å². The summed E-state index contributed by atoms with van der Waals surface area (Å²) < 4.78 is 7.36. The molecular formula is C20H18N4O4. The SMILES string of the molecule is CCn1cc(C#N)c(=O)n(CC(=O)N(Cc2ccco2)c2ccccc2)c1=O. The fourth-order valence-corrected chi connectivity index (χ4v) is 2.81. The summed E-state index contributed by atoms with van der Waals surface area (Å²) in [5.41, 5.74) is -1.00. The maximum absolute atomic E-state index is 13.0. The first-order chi connectivity index (χ1) is 13.5. The molecule has 2 aromatic heterocycles. The minimum Gasteiger partial charge on any atom is -0.467 e. The molecule has 1 aromatic carbocycles. The lowest BCUT2D eigenvalue weighted by Crippen LogP contribution is -2.45. The predicted octanol–water partition coefficient (Wildman–Crippen LogP) is 1.73. The van der Waals surface area contributed by atoms with E-state index in [0.29, 0.717) is 11.4 Å². The number of carbonyl (C=O) groups is 1. The summed E-state index contributed by atoms with van der Waals surface area (Å²) in [4.78, 5) is 39.4. The van der Waals surface area contributed by atoms with Gasteiger partial charge < -0.3 is 9.32 Å². The summed E-state index contributed by atoms with van der Waals surface area (Å²) in [6.45, 7) is 1.65. The number of anilines is 1. The summed E-state index contributed by atoms with van der Waals surface area (Å²) in [7, 11) is 0. The molecule has 3 rings (SSSR count). The maximum Gasteiger partial charge on any atom is 0.331 e. The summed E-state index contributed by atoms with van der Waals surface area (Å²) in [5, 5.41) is 9.16. The minimum absolute atomic E-state index is 0.143. The van der Waals surface area contributed by atoms with E-state index < -0.39 is 23.7 Å². The van der Waals surface area contributed by atoms with E-state index in [4.69, 9.17) is 9.68 Å². The van der Waals surface area contributed by atoms with Gasteiger partial charge in [0.25, 0.3) is 5.56 Å². The number of hydrogen-bond donors (Lipinski definition) is 0. The smallest absolute Gasteiger partial charge is 0.331 e. The Hall–Kier alpha value is -3.86. The van der Waals surface area contributed by atoms with Crippen LogP contribution in [0, 0.1) is 11.3 Å². The molecule has 0 fully saturated rings. The van der Waals surface area contributed by atoms with E-state index in [0.717, 1.165) is 4.57 Å². The molecule has 0 spiro atoms. The van der Waals surface area contributed by atoms with Crippen LogP contribution in [0.4, 0.5) is 5.69 Å². The van der Waals surface area contributed by atoms with Crippen molar-refractivity contribution in [2.75, 3.05) is 4.90 Å². The van der Waals surface area contributed by atoms with Crippen molar-refractivity contribution in [3.63, 3.8) is 0 Å². The number of nitriles is 1. The van der Waals surface area contributed by atoms with Gasteiger partial charge in [-0.1, -0.05) is 18.2 Å². The van der Waals surface area contributed by atoms with Gasteiger partial charge >= 0.3 is 5.69 Å². The molecule has 0 radical (unpaired) electrons. The minimum atomic E-state index is -0.781. The summed E-state index contributed by atoms with van der Waals surface area (Å²) in [6.07, 6.45) is 2.72. The lowest BCUT2D eigenvalue weighted by molar-refractivity contribution is -0.119. The Labute approximate surface area is 160 Å². The lowest BCUT2D eigenvalue weighted by Gasteiger charge is -2.22. The van der Waals surface area contributed by atoms with Crippen LogP contribution in [0.2, 0.25) is 0 Å². The van der Waals surface area contributed by atoms with Crippen molar-refractivity contribution in [3.8, 4) is 6.07 Å². The van der Waals surface area contributed by atoms with Gasteiger partial charge in [0.15, 0.2) is 0 Å². The number of aromatic nitrogens is 2. The van der Waals surface area contributed by atoms with Crippen molar-refractivity contribution >= 4 is 11.6 Å². The van der Waals surface area contributed by atoms with Crippen LogP contribution in [0.1, 0.15) is 18.2 Å². The van der Waals surface area contributed by atoms with E-state index in [-0.39, 0.29) is 18.7 Å². The second kappa shape index (κ2) is 8.22. The first-order valence-corrected chi connectivity index (χ1v) is 8.67. The Morgan fingerprint density at radius 2 is 1.93 bits per heavy atom. The predicted molar refractivity (Wildman–Crippen MR) is 102 cm³/mol. The van der Waals surface area contributed by atoms with Crippen LogP contribution in [0.3, 0.4) is 0 Å². The molecule has 0 saturated heterocycles. The van der Waals surface area contributed by atoms with Crippen molar-refractivity contribution in [2.45, 2.75) is 26.6 Å². The van der Waals surface area contributed by atoms with Gasteiger partial charge in [0.1, 0.15) is 23.9 Å². The topological polar surface area (TPSA) is 101 Å². The Morgan fingerprint density at radius 3 is 2.54 bits per heavy atom. The molecular weight excluding hydrogens is 360 g/mol. The molecule has 3 aromatic rings. The van der Waals surface area contributed by atoms with Crippen molar-refractivity contribution < 1.29 is 9.21 Å². The fraction of sp³-hybridized carbons (Fsp3) is 0.200. The third-order valence-electron chi connectivity index (χ3n) is 4.25. The van der Waals surface area contributed by atoms with Gasteiger partial charge in [0.2, 0.25) is 5.91 Å². The second-order valence-electron chi connectivity index (χ2n) is 6.01. The van der Waals surface area contributed by atoms with E-state index in [1.54, 1.807) is 49.4 Å². The van der Waals surface area contributed by atoms with Gasteiger partial charge in [-0.3, -0.25) is 14.2 Å². The molecule has 0 N–H and O–H groups in total. The number of hydrogen-bond acceptors (Lipinski definition) is 5. The van der Waals surface area contributed by atoms with Crippen LogP contribution in [0.5, 0.6) is 0 Å². The molecule has 0 aliphatic rings. The Kier molecular flexibility index (Phi) is 5.56. The maximum atomic E-state index is 13.0. The number of aryl methyl sites for hydroxylation is 1. The second-order valence-corrected chi connectivity index (χ2v) is 6.01. The zero-order chi connectivity index (χ0) is 20.1. The van der Waals surface area contributed by atoms with Crippen LogP contribution in [-0.4, -0.2) is 15.0 Å². The average molecular weight is 378 g/mol. The summed E-state index contributed by atoms with van der Waals surface area (Å²) in [5.74, 6) is 0.0841. The number of amides is 1. The number of carbonyl (C=O) groups excluding carboxylic acids is 1. The van der Waals surface area contributed by atoms with Gasteiger partial charge in [-0.15, -0.1) is 0 Å². The zero-order valence-electron chi connectivity index (χ0n) is 15.2. The lowest BCUT2D eigenvalue weighted by atomic mass is 10.2. The van der Waals surface area contributed by atoms with Crippen molar-refractivity contribution in [3.05, 3.63) is 87.1 Å². The van der Waals surface area contributed by atoms with E-state index in [1.807, 2.05) is 6.07 Å². The molecule has 0 aliphatic carbocycles. The zero-order valence-corrected chi connectivity index (χ0v) is 15.2. The third kappa shape index (κ3) is 3.78. The van der Waals surface area contributed by atoms with Crippen LogP contribution in [-0.2, 0) is 24.4 Å². The van der Waals surface area contributed by atoms with E-state index in [2.05, 4.69) is 0 Å². The van der Waals surface area contributed by atoms with Crippen LogP contribution in [0.25, 0.3) is 0 Å². The number of rotatable bonds is 6. The first kappa shape index (κ1) is 18.9. The molecule has 28 heavy (non-hydrogen) atoms. The quantitative estimate of drug-likeness (QED) is 0.650. The summed E-state index contributed by atoms with van der Waals surface area (Å²) in [6, 6.07) is 14.1. The monoisotopic (exact) mass is 378 g/mol.